The highest BCUT2D eigenvalue weighted by atomic mass is 16.5. The summed E-state index contributed by atoms with van der Waals surface area (Å²) in [5.74, 6) is 0. The van der Waals surface area contributed by atoms with E-state index in [0.29, 0.717) is 6.10 Å². The second kappa shape index (κ2) is 12.5. The summed E-state index contributed by atoms with van der Waals surface area (Å²) in [5, 5.41) is 3.05. The summed E-state index contributed by atoms with van der Waals surface area (Å²) in [5.41, 5.74) is 0. The summed E-state index contributed by atoms with van der Waals surface area (Å²) in [6.45, 7) is 3.10. The molecule has 3 nitrogen and oxygen atoms in total. The van der Waals surface area contributed by atoms with Crippen molar-refractivity contribution in [3.05, 3.63) is 0 Å². The lowest BCUT2D eigenvalue weighted by molar-refractivity contribution is 0.111. The van der Waals surface area contributed by atoms with Gasteiger partial charge in [0.2, 0.25) is 0 Å². The molecular formula is C8H21NO2. The van der Waals surface area contributed by atoms with Crippen molar-refractivity contribution < 1.29 is 9.47 Å². The number of methoxy groups -OCH3 is 2. The van der Waals surface area contributed by atoms with Crippen LogP contribution in [0.5, 0.6) is 0 Å². The van der Waals surface area contributed by atoms with Gasteiger partial charge in [-0.25, -0.2) is 0 Å². The molecule has 0 aromatic rings. The average Bonchev–Trinajstić information content (AvgIpc) is 2.02. The highest BCUT2D eigenvalue weighted by molar-refractivity contribution is 4.49. The molecule has 0 aromatic heterocycles. The first kappa shape index (κ1) is 13.5. The number of hydrogen-bond donors (Lipinski definition) is 1. The van der Waals surface area contributed by atoms with Gasteiger partial charge in [-0.2, -0.15) is 0 Å². The molecule has 0 heterocycles. The van der Waals surface area contributed by atoms with Gasteiger partial charge in [-0.05, 0) is 26.9 Å². The Bertz CT molecular complexity index is 60.1. The number of rotatable bonds is 4. The Hall–Kier alpha value is -0.120. The molecule has 0 aliphatic heterocycles. The Balaban J connectivity index is 0. The van der Waals surface area contributed by atoms with Crippen molar-refractivity contribution in [1.82, 2.24) is 5.32 Å². The van der Waals surface area contributed by atoms with E-state index in [-0.39, 0.29) is 0 Å². The minimum atomic E-state index is 0.391. The zero-order chi connectivity index (χ0) is 9.11. The lowest BCUT2D eigenvalue weighted by atomic mass is 10.3. The van der Waals surface area contributed by atoms with Crippen LogP contribution in [0.15, 0.2) is 0 Å². The second-order valence-electron chi connectivity index (χ2n) is 2.35. The number of nitrogens with one attached hydrogen (secondary N) is 1. The van der Waals surface area contributed by atoms with Crippen LogP contribution < -0.4 is 5.32 Å². The van der Waals surface area contributed by atoms with E-state index in [1.807, 2.05) is 7.05 Å². The standard InChI is InChI=1S/C6H15NO.C2H6O/c1-6(8-3)4-5-7-2;1-3-2/h6-7H,4-5H2,1-3H3;1-2H3. The fraction of sp³-hybridized carbons (Fsp3) is 1.00. The fourth-order valence-electron chi connectivity index (χ4n) is 0.465. The van der Waals surface area contributed by atoms with Gasteiger partial charge in [0.05, 0.1) is 6.10 Å². The van der Waals surface area contributed by atoms with Crippen LogP contribution in [0.25, 0.3) is 0 Å². The van der Waals surface area contributed by atoms with E-state index in [1.165, 1.54) is 0 Å². The smallest absolute Gasteiger partial charge is 0.0555 e. The van der Waals surface area contributed by atoms with E-state index in [9.17, 15) is 0 Å². The van der Waals surface area contributed by atoms with Crippen LogP contribution >= 0.6 is 0 Å². The lowest BCUT2D eigenvalue weighted by Gasteiger charge is -2.06. The maximum atomic E-state index is 5.01. The van der Waals surface area contributed by atoms with Crippen LogP contribution in [0.2, 0.25) is 0 Å². The van der Waals surface area contributed by atoms with Crippen molar-refractivity contribution in [2.24, 2.45) is 0 Å². The molecule has 0 saturated heterocycles. The van der Waals surface area contributed by atoms with E-state index in [2.05, 4.69) is 17.0 Å². The van der Waals surface area contributed by atoms with E-state index in [1.54, 1.807) is 21.3 Å². The first-order chi connectivity index (χ1) is 5.22. The Labute approximate surface area is 70.1 Å². The lowest BCUT2D eigenvalue weighted by Crippen LogP contribution is -2.15. The summed E-state index contributed by atoms with van der Waals surface area (Å²) in [4.78, 5) is 0. The molecule has 0 aliphatic carbocycles. The van der Waals surface area contributed by atoms with E-state index >= 15 is 0 Å². The van der Waals surface area contributed by atoms with E-state index in [0.717, 1.165) is 13.0 Å². The Morgan fingerprint density at radius 2 is 1.73 bits per heavy atom. The monoisotopic (exact) mass is 163 g/mol. The molecule has 0 spiro atoms. The molecule has 1 N–H and O–H groups in total. The molecule has 0 amide bonds. The third-order valence-corrected chi connectivity index (χ3v) is 1.20. The van der Waals surface area contributed by atoms with Crippen molar-refractivity contribution in [2.75, 3.05) is 34.9 Å². The van der Waals surface area contributed by atoms with E-state index < -0.39 is 0 Å². The topological polar surface area (TPSA) is 30.5 Å². The molecule has 0 fully saturated rings. The van der Waals surface area contributed by atoms with Gasteiger partial charge >= 0.3 is 0 Å². The first-order valence-electron chi connectivity index (χ1n) is 3.80. The molecule has 0 aromatic carbocycles. The van der Waals surface area contributed by atoms with Crippen LogP contribution in [0.4, 0.5) is 0 Å². The van der Waals surface area contributed by atoms with Crippen molar-refractivity contribution in [3.8, 4) is 0 Å². The van der Waals surface area contributed by atoms with Crippen LogP contribution in [-0.2, 0) is 9.47 Å². The molecule has 70 valence electrons. The Morgan fingerprint density at radius 3 is 2.00 bits per heavy atom. The van der Waals surface area contributed by atoms with Crippen molar-refractivity contribution in [1.29, 1.82) is 0 Å². The van der Waals surface area contributed by atoms with Gasteiger partial charge in [0.25, 0.3) is 0 Å². The van der Waals surface area contributed by atoms with Crippen molar-refractivity contribution >= 4 is 0 Å². The van der Waals surface area contributed by atoms with Gasteiger partial charge in [-0.1, -0.05) is 0 Å². The van der Waals surface area contributed by atoms with Gasteiger partial charge in [0, 0.05) is 21.3 Å². The second-order valence-corrected chi connectivity index (χ2v) is 2.35. The number of ether oxygens (including phenoxy) is 2. The minimum Gasteiger partial charge on any atom is -0.388 e. The third kappa shape index (κ3) is 17.7. The Kier molecular flexibility index (Phi) is 15.4. The van der Waals surface area contributed by atoms with Gasteiger partial charge in [0.1, 0.15) is 0 Å². The molecule has 0 radical (unpaired) electrons. The summed E-state index contributed by atoms with van der Waals surface area (Å²) in [6.07, 6.45) is 1.48. The molecule has 3 heteroatoms. The number of hydrogen-bond acceptors (Lipinski definition) is 3. The Morgan fingerprint density at radius 1 is 1.27 bits per heavy atom. The zero-order valence-electron chi connectivity index (χ0n) is 8.31. The van der Waals surface area contributed by atoms with Crippen LogP contribution in [-0.4, -0.2) is 41.0 Å². The molecule has 0 rings (SSSR count). The maximum Gasteiger partial charge on any atom is 0.0555 e. The fourth-order valence-corrected chi connectivity index (χ4v) is 0.465. The highest BCUT2D eigenvalue weighted by Crippen LogP contribution is 1.91. The molecule has 0 aliphatic rings. The SMILES string of the molecule is CNCCC(C)OC.COC. The van der Waals surface area contributed by atoms with Gasteiger partial charge in [0.15, 0.2) is 0 Å². The summed E-state index contributed by atoms with van der Waals surface area (Å²) in [6, 6.07) is 0. The van der Waals surface area contributed by atoms with Crippen LogP contribution in [0.1, 0.15) is 13.3 Å². The average molecular weight is 163 g/mol. The van der Waals surface area contributed by atoms with Crippen LogP contribution in [0.3, 0.4) is 0 Å². The quantitative estimate of drug-likeness (QED) is 0.667. The van der Waals surface area contributed by atoms with E-state index in [4.69, 9.17) is 4.74 Å². The molecular weight excluding hydrogens is 142 g/mol. The first-order valence-corrected chi connectivity index (χ1v) is 3.80. The molecule has 11 heavy (non-hydrogen) atoms. The highest BCUT2D eigenvalue weighted by Gasteiger charge is 1.94. The summed E-state index contributed by atoms with van der Waals surface area (Å²) in [7, 11) is 6.93. The predicted octanol–water partition coefficient (Wildman–Crippen LogP) is 0.893. The minimum absolute atomic E-state index is 0.391. The summed E-state index contributed by atoms with van der Waals surface area (Å²) >= 11 is 0. The predicted molar refractivity (Wildman–Crippen MR) is 47.9 cm³/mol. The van der Waals surface area contributed by atoms with Gasteiger partial charge in [-0.3, -0.25) is 0 Å². The molecule has 0 bridgehead atoms. The van der Waals surface area contributed by atoms with Crippen molar-refractivity contribution in [3.63, 3.8) is 0 Å². The largest absolute Gasteiger partial charge is 0.388 e. The maximum absolute atomic E-state index is 5.01. The van der Waals surface area contributed by atoms with Gasteiger partial charge < -0.3 is 14.8 Å². The molecule has 1 unspecified atom stereocenters. The zero-order valence-corrected chi connectivity index (χ0v) is 8.31. The normalized spacial score (nSPS) is 11.7. The van der Waals surface area contributed by atoms with Crippen molar-refractivity contribution in [2.45, 2.75) is 19.4 Å². The molecule has 0 saturated carbocycles. The van der Waals surface area contributed by atoms with Gasteiger partial charge in [-0.15, -0.1) is 0 Å². The van der Waals surface area contributed by atoms with Crippen LogP contribution in [0, 0.1) is 0 Å². The third-order valence-electron chi connectivity index (χ3n) is 1.20. The molecule has 1 atom stereocenters. The summed E-state index contributed by atoms with van der Waals surface area (Å²) < 4.78 is 9.26.